The van der Waals surface area contributed by atoms with Gasteiger partial charge in [0, 0.05) is 6.54 Å². The maximum absolute atomic E-state index is 11.7. The fourth-order valence-corrected chi connectivity index (χ4v) is 1.74. The van der Waals surface area contributed by atoms with Crippen LogP contribution in [0.2, 0.25) is 0 Å². The molecule has 12 heavy (non-hydrogen) atoms. The van der Waals surface area contributed by atoms with Crippen LogP contribution in [0.15, 0.2) is 10.8 Å². The molecule has 0 aromatic carbocycles. The third-order valence-corrected chi connectivity index (χ3v) is 2.49. The van der Waals surface area contributed by atoms with Crippen molar-refractivity contribution in [3.63, 3.8) is 0 Å². The minimum atomic E-state index is -2.26. The van der Waals surface area contributed by atoms with Gasteiger partial charge in [-0.05, 0) is 28.8 Å². The Balaban J connectivity index is 2.29. The van der Waals surface area contributed by atoms with Gasteiger partial charge in [-0.25, -0.2) is 8.78 Å². The van der Waals surface area contributed by atoms with E-state index in [1.165, 1.54) is 5.56 Å². The minimum absolute atomic E-state index is 0.227. The van der Waals surface area contributed by atoms with Crippen LogP contribution in [0.3, 0.4) is 0 Å². The largest absolute Gasteiger partial charge is 0.307 e. The summed E-state index contributed by atoms with van der Waals surface area (Å²) >= 11 is 1.60. The average Bonchev–Trinajstić information content (AvgIpc) is 2.36. The highest BCUT2D eigenvalue weighted by Crippen LogP contribution is 2.12. The van der Waals surface area contributed by atoms with E-state index < -0.39 is 6.43 Å². The SMILES string of the molecule is Cc1cscc1CNCC(F)F. The average molecular weight is 191 g/mol. The van der Waals surface area contributed by atoms with Crippen molar-refractivity contribution in [2.24, 2.45) is 0 Å². The van der Waals surface area contributed by atoms with Gasteiger partial charge in [0.25, 0.3) is 6.43 Å². The Labute approximate surface area is 74.4 Å². The number of hydrogen-bond donors (Lipinski definition) is 1. The lowest BCUT2D eigenvalue weighted by Gasteiger charge is -2.02. The van der Waals surface area contributed by atoms with Gasteiger partial charge in [0.05, 0.1) is 6.54 Å². The molecule has 1 aromatic heterocycles. The lowest BCUT2D eigenvalue weighted by Crippen LogP contribution is -2.20. The van der Waals surface area contributed by atoms with E-state index in [1.807, 2.05) is 17.7 Å². The Kier molecular flexibility index (Phi) is 3.62. The zero-order valence-electron chi connectivity index (χ0n) is 6.81. The van der Waals surface area contributed by atoms with E-state index in [-0.39, 0.29) is 6.54 Å². The van der Waals surface area contributed by atoms with Gasteiger partial charge in [-0.2, -0.15) is 11.3 Å². The maximum atomic E-state index is 11.7. The Morgan fingerprint density at radius 2 is 2.25 bits per heavy atom. The standard InChI is InChI=1S/C8H11F2NS/c1-6-4-12-5-7(6)2-11-3-8(9)10/h4-5,8,11H,2-3H2,1H3. The number of nitrogens with one attached hydrogen (secondary N) is 1. The summed E-state index contributed by atoms with van der Waals surface area (Å²) in [6.07, 6.45) is -2.26. The van der Waals surface area contributed by atoms with E-state index in [4.69, 9.17) is 0 Å². The van der Waals surface area contributed by atoms with Crippen LogP contribution in [0.4, 0.5) is 8.78 Å². The first kappa shape index (κ1) is 9.61. The predicted molar refractivity (Wildman–Crippen MR) is 46.8 cm³/mol. The zero-order chi connectivity index (χ0) is 8.97. The second-order valence-electron chi connectivity index (χ2n) is 2.60. The molecule has 0 unspecified atom stereocenters. The molecule has 0 aliphatic carbocycles. The smallest absolute Gasteiger partial charge is 0.250 e. The van der Waals surface area contributed by atoms with E-state index in [2.05, 4.69) is 5.32 Å². The van der Waals surface area contributed by atoms with Crippen molar-refractivity contribution in [2.45, 2.75) is 19.9 Å². The number of thiophene rings is 1. The molecule has 68 valence electrons. The Morgan fingerprint density at radius 1 is 1.50 bits per heavy atom. The van der Waals surface area contributed by atoms with Crippen LogP contribution in [-0.2, 0) is 6.54 Å². The van der Waals surface area contributed by atoms with Gasteiger partial charge >= 0.3 is 0 Å². The number of halogens is 2. The predicted octanol–water partition coefficient (Wildman–Crippen LogP) is 2.41. The number of aryl methyl sites for hydroxylation is 1. The highest BCUT2D eigenvalue weighted by molar-refractivity contribution is 7.08. The van der Waals surface area contributed by atoms with E-state index in [9.17, 15) is 8.78 Å². The van der Waals surface area contributed by atoms with E-state index in [0.717, 1.165) is 5.56 Å². The van der Waals surface area contributed by atoms with Crippen molar-refractivity contribution in [2.75, 3.05) is 6.54 Å². The summed E-state index contributed by atoms with van der Waals surface area (Å²) in [4.78, 5) is 0. The van der Waals surface area contributed by atoms with Crippen LogP contribution < -0.4 is 5.32 Å². The Bertz CT molecular complexity index is 235. The molecule has 0 fully saturated rings. The maximum Gasteiger partial charge on any atom is 0.250 e. The van der Waals surface area contributed by atoms with Gasteiger partial charge in [0.15, 0.2) is 0 Å². The molecule has 0 radical (unpaired) electrons. The summed E-state index contributed by atoms with van der Waals surface area (Å²) in [6.45, 7) is 2.30. The Morgan fingerprint density at radius 3 is 2.75 bits per heavy atom. The molecule has 1 N–H and O–H groups in total. The third-order valence-electron chi connectivity index (χ3n) is 1.58. The Hall–Kier alpha value is -0.480. The third kappa shape index (κ3) is 2.87. The minimum Gasteiger partial charge on any atom is -0.307 e. The molecule has 1 nitrogen and oxygen atoms in total. The number of rotatable bonds is 4. The summed E-state index contributed by atoms with van der Waals surface area (Å²) in [5.74, 6) is 0. The van der Waals surface area contributed by atoms with Gasteiger partial charge < -0.3 is 5.32 Å². The fourth-order valence-electron chi connectivity index (χ4n) is 0.884. The van der Waals surface area contributed by atoms with Gasteiger partial charge in [-0.3, -0.25) is 0 Å². The lowest BCUT2D eigenvalue weighted by molar-refractivity contribution is 0.145. The summed E-state index contributed by atoms with van der Waals surface area (Å²) in [5.41, 5.74) is 2.28. The van der Waals surface area contributed by atoms with Crippen molar-refractivity contribution in [3.05, 3.63) is 21.9 Å². The zero-order valence-corrected chi connectivity index (χ0v) is 7.63. The van der Waals surface area contributed by atoms with Gasteiger partial charge in [-0.15, -0.1) is 0 Å². The first-order valence-corrected chi connectivity index (χ1v) is 4.65. The van der Waals surface area contributed by atoms with Crippen LogP contribution in [0, 0.1) is 6.92 Å². The first-order valence-electron chi connectivity index (χ1n) is 3.70. The van der Waals surface area contributed by atoms with Crippen LogP contribution in [0.25, 0.3) is 0 Å². The topological polar surface area (TPSA) is 12.0 Å². The van der Waals surface area contributed by atoms with Crippen molar-refractivity contribution < 1.29 is 8.78 Å². The molecule has 1 aromatic rings. The monoisotopic (exact) mass is 191 g/mol. The first-order chi connectivity index (χ1) is 5.70. The number of alkyl halides is 2. The van der Waals surface area contributed by atoms with Gasteiger partial charge in [0.1, 0.15) is 0 Å². The van der Waals surface area contributed by atoms with E-state index >= 15 is 0 Å². The second kappa shape index (κ2) is 4.52. The molecule has 0 atom stereocenters. The summed E-state index contributed by atoms with van der Waals surface area (Å²) in [5, 5.41) is 6.68. The summed E-state index contributed by atoms with van der Waals surface area (Å²) in [6, 6.07) is 0. The highest BCUT2D eigenvalue weighted by atomic mass is 32.1. The van der Waals surface area contributed by atoms with Crippen molar-refractivity contribution in [1.29, 1.82) is 0 Å². The molecule has 1 heterocycles. The van der Waals surface area contributed by atoms with Crippen molar-refractivity contribution >= 4 is 11.3 Å². The van der Waals surface area contributed by atoms with Crippen LogP contribution in [0.1, 0.15) is 11.1 Å². The second-order valence-corrected chi connectivity index (χ2v) is 3.35. The van der Waals surface area contributed by atoms with Crippen molar-refractivity contribution in [3.8, 4) is 0 Å². The molecule has 0 amide bonds. The van der Waals surface area contributed by atoms with E-state index in [1.54, 1.807) is 11.3 Å². The molecule has 0 saturated heterocycles. The van der Waals surface area contributed by atoms with Crippen LogP contribution >= 0.6 is 11.3 Å². The summed E-state index contributed by atoms with van der Waals surface area (Å²) < 4.78 is 23.4. The molecule has 0 bridgehead atoms. The van der Waals surface area contributed by atoms with Gasteiger partial charge in [-0.1, -0.05) is 0 Å². The van der Waals surface area contributed by atoms with Crippen molar-refractivity contribution in [1.82, 2.24) is 5.32 Å². The quantitative estimate of drug-likeness (QED) is 0.770. The summed E-state index contributed by atoms with van der Waals surface area (Å²) in [7, 11) is 0. The van der Waals surface area contributed by atoms with Gasteiger partial charge in [0.2, 0.25) is 0 Å². The molecule has 0 aliphatic heterocycles. The molecule has 0 aliphatic rings. The highest BCUT2D eigenvalue weighted by Gasteiger charge is 2.02. The normalized spacial score (nSPS) is 11.0. The molecular weight excluding hydrogens is 180 g/mol. The lowest BCUT2D eigenvalue weighted by atomic mass is 10.2. The molecule has 4 heteroatoms. The number of hydrogen-bond acceptors (Lipinski definition) is 2. The molecule has 1 rings (SSSR count). The van der Waals surface area contributed by atoms with E-state index in [0.29, 0.717) is 6.54 Å². The molecule has 0 spiro atoms. The molecule has 0 saturated carbocycles. The van der Waals surface area contributed by atoms with Crippen LogP contribution in [0.5, 0.6) is 0 Å². The fraction of sp³-hybridized carbons (Fsp3) is 0.500. The van der Waals surface area contributed by atoms with Crippen LogP contribution in [-0.4, -0.2) is 13.0 Å². The molecular formula is C8H11F2NS.